The fourth-order valence-corrected chi connectivity index (χ4v) is 2.01. The number of carboxylic acid groups (broad SMARTS) is 1. The molecule has 1 rings (SSSR count). The number of carbonyl (C=O) groups excluding carboxylic acids is 1. The maximum atomic E-state index is 12.0. The minimum atomic E-state index is -1.14. The average molecular weight is 332 g/mol. The lowest BCUT2D eigenvalue weighted by atomic mass is 10.2. The number of carbonyl (C=O) groups is 2. The minimum Gasteiger partial charge on any atom is -0.480 e. The molecular weight excluding hydrogens is 317 g/mol. The Morgan fingerprint density at radius 1 is 1.48 bits per heavy atom. The van der Waals surface area contributed by atoms with E-state index in [1.165, 1.54) is 19.1 Å². The molecule has 0 bridgehead atoms. The molecule has 0 aliphatic rings. The molecule has 0 aliphatic carbocycles. The van der Waals surface area contributed by atoms with Crippen LogP contribution in [0.3, 0.4) is 0 Å². The summed E-state index contributed by atoms with van der Waals surface area (Å²) in [5.41, 5.74) is 0.574. The van der Waals surface area contributed by atoms with Gasteiger partial charge in [-0.3, -0.25) is 4.90 Å². The van der Waals surface area contributed by atoms with Gasteiger partial charge in [0, 0.05) is 10.0 Å². The van der Waals surface area contributed by atoms with Gasteiger partial charge < -0.3 is 9.84 Å². The molecule has 1 N–H and O–H groups in total. The number of rotatable bonds is 6. The predicted octanol–water partition coefficient (Wildman–Crippen LogP) is 3.59. The summed E-state index contributed by atoms with van der Waals surface area (Å²) in [5, 5.41) is 9.90. The van der Waals surface area contributed by atoms with E-state index in [1.54, 1.807) is 12.1 Å². The van der Waals surface area contributed by atoms with Gasteiger partial charge in [-0.15, -0.1) is 0 Å². The molecule has 7 heteroatoms. The van der Waals surface area contributed by atoms with Crippen molar-refractivity contribution in [2.75, 3.05) is 6.61 Å². The van der Waals surface area contributed by atoms with Gasteiger partial charge in [0.25, 0.3) is 0 Å². The zero-order valence-electron chi connectivity index (χ0n) is 11.4. The summed E-state index contributed by atoms with van der Waals surface area (Å²) in [6, 6.07) is 3.71. The van der Waals surface area contributed by atoms with Crippen molar-refractivity contribution in [2.45, 2.75) is 19.5 Å². The van der Waals surface area contributed by atoms with Gasteiger partial charge in [0.15, 0.2) is 0 Å². The topological polar surface area (TPSA) is 66.8 Å². The number of amides is 1. The number of aliphatic carboxylic acids is 1. The third kappa shape index (κ3) is 4.95. The second-order valence-electron chi connectivity index (χ2n) is 4.24. The molecule has 5 nitrogen and oxygen atoms in total. The zero-order valence-corrected chi connectivity index (χ0v) is 12.9. The molecule has 0 aromatic heterocycles. The van der Waals surface area contributed by atoms with Gasteiger partial charge in [-0.25, -0.2) is 9.59 Å². The van der Waals surface area contributed by atoms with Crippen LogP contribution in [0.5, 0.6) is 0 Å². The Hall–Kier alpha value is -1.72. The van der Waals surface area contributed by atoms with E-state index in [-0.39, 0.29) is 13.2 Å². The number of ether oxygens (including phenoxy) is 1. The Morgan fingerprint density at radius 3 is 2.67 bits per heavy atom. The van der Waals surface area contributed by atoms with E-state index in [4.69, 9.17) is 33.0 Å². The van der Waals surface area contributed by atoms with E-state index >= 15 is 0 Å². The molecule has 0 fully saturated rings. The third-order valence-corrected chi connectivity index (χ3v) is 3.33. The number of benzene rings is 1. The summed E-state index contributed by atoms with van der Waals surface area (Å²) in [5.74, 6) is -1.14. The second-order valence-corrected chi connectivity index (χ2v) is 5.09. The van der Waals surface area contributed by atoms with Gasteiger partial charge in [0.05, 0.1) is 6.54 Å². The lowest BCUT2D eigenvalue weighted by molar-refractivity contribution is -0.142. The van der Waals surface area contributed by atoms with E-state index in [0.717, 1.165) is 4.90 Å². The molecule has 0 saturated carbocycles. The molecule has 1 aromatic carbocycles. The second kappa shape index (κ2) is 7.90. The van der Waals surface area contributed by atoms with Crippen LogP contribution in [0.2, 0.25) is 10.0 Å². The van der Waals surface area contributed by atoms with E-state index in [1.807, 2.05) is 0 Å². The van der Waals surface area contributed by atoms with Crippen molar-refractivity contribution in [1.82, 2.24) is 4.90 Å². The predicted molar refractivity (Wildman–Crippen MR) is 80.6 cm³/mol. The fraction of sp³-hybridized carbons (Fsp3) is 0.286. The van der Waals surface area contributed by atoms with Crippen LogP contribution >= 0.6 is 23.2 Å². The van der Waals surface area contributed by atoms with Gasteiger partial charge >= 0.3 is 12.1 Å². The number of carboxylic acids is 1. The SMILES string of the molecule is C=CCOC(=O)N(Cc1ccc(Cl)cc1Cl)C(C)C(=O)O. The van der Waals surface area contributed by atoms with Crippen LogP contribution in [0.4, 0.5) is 4.79 Å². The van der Waals surface area contributed by atoms with Crippen molar-refractivity contribution >= 4 is 35.3 Å². The van der Waals surface area contributed by atoms with Crippen LogP contribution in [0, 0.1) is 0 Å². The van der Waals surface area contributed by atoms with E-state index in [9.17, 15) is 9.59 Å². The monoisotopic (exact) mass is 331 g/mol. The number of hydrogen-bond donors (Lipinski definition) is 1. The van der Waals surface area contributed by atoms with Gasteiger partial charge in [0.2, 0.25) is 0 Å². The van der Waals surface area contributed by atoms with Crippen molar-refractivity contribution in [3.63, 3.8) is 0 Å². The number of nitrogens with zero attached hydrogens (tertiary/aromatic N) is 1. The molecule has 0 aliphatic heterocycles. The maximum Gasteiger partial charge on any atom is 0.411 e. The third-order valence-electron chi connectivity index (χ3n) is 2.74. The van der Waals surface area contributed by atoms with Gasteiger partial charge in [-0.1, -0.05) is 41.9 Å². The van der Waals surface area contributed by atoms with E-state index in [0.29, 0.717) is 15.6 Å². The van der Waals surface area contributed by atoms with Crippen molar-refractivity contribution in [2.24, 2.45) is 0 Å². The van der Waals surface area contributed by atoms with Crippen molar-refractivity contribution in [1.29, 1.82) is 0 Å². The first-order chi connectivity index (χ1) is 9.86. The minimum absolute atomic E-state index is 0.000551. The normalized spacial score (nSPS) is 11.6. The zero-order chi connectivity index (χ0) is 16.0. The summed E-state index contributed by atoms with van der Waals surface area (Å²) in [4.78, 5) is 24.1. The Bertz CT molecular complexity index is 548. The largest absolute Gasteiger partial charge is 0.480 e. The summed E-state index contributed by atoms with van der Waals surface area (Å²) >= 11 is 11.8. The molecule has 21 heavy (non-hydrogen) atoms. The van der Waals surface area contributed by atoms with Crippen LogP contribution in [0.1, 0.15) is 12.5 Å². The van der Waals surface area contributed by atoms with Gasteiger partial charge in [-0.05, 0) is 24.6 Å². The molecule has 0 saturated heterocycles. The van der Waals surface area contributed by atoms with Crippen LogP contribution in [-0.4, -0.2) is 34.7 Å². The summed E-state index contributed by atoms with van der Waals surface area (Å²) in [7, 11) is 0. The highest BCUT2D eigenvalue weighted by Crippen LogP contribution is 2.23. The highest BCUT2D eigenvalue weighted by atomic mass is 35.5. The molecule has 114 valence electrons. The summed E-state index contributed by atoms with van der Waals surface area (Å²) in [6.07, 6.45) is 0.646. The number of hydrogen-bond acceptors (Lipinski definition) is 3. The molecule has 1 unspecified atom stereocenters. The highest BCUT2D eigenvalue weighted by molar-refractivity contribution is 6.35. The molecule has 1 atom stereocenters. The Labute approximate surface area is 132 Å². The Morgan fingerprint density at radius 2 is 2.14 bits per heavy atom. The summed E-state index contributed by atoms with van der Waals surface area (Å²) < 4.78 is 4.90. The molecule has 0 heterocycles. The molecule has 0 radical (unpaired) electrons. The van der Waals surface area contributed by atoms with E-state index < -0.39 is 18.1 Å². The standard InChI is InChI=1S/C14H15Cl2NO4/c1-3-6-21-14(20)17(9(2)13(18)19)8-10-4-5-11(15)7-12(10)16/h3-5,7,9H,1,6,8H2,2H3,(H,18,19). The lowest BCUT2D eigenvalue weighted by Crippen LogP contribution is -2.43. The van der Waals surface area contributed by atoms with E-state index in [2.05, 4.69) is 6.58 Å². The van der Waals surface area contributed by atoms with Crippen LogP contribution in [0.15, 0.2) is 30.9 Å². The Balaban J connectivity index is 2.98. The first kappa shape index (κ1) is 17.3. The fourth-order valence-electron chi connectivity index (χ4n) is 1.54. The first-order valence-corrected chi connectivity index (χ1v) is 6.83. The smallest absolute Gasteiger partial charge is 0.411 e. The quantitative estimate of drug-likeness (QED) is 0.809. The molecule has 1 amide bonds. The average Bonchev–Trinajstić information content (AvgIpc) is 2.43. The molecule has 0 spiro atoms. The van der Waals surface area contributed by atoms with Crippen molar-refractivity contribution in [3.8, 4) is 0 Å². The van der Waals surface area contributed by atoms with Crippen molar-refractivity contribution < 1.29 is 19.4 Å². The number of halogens is 2. The van der Waals surface area contributed by atoms with Gasteiger partial charge in [-0.2, -0.15) is 0 Å². The van der Waals surface area contributed by atoms with Gasteiger partial charge in [0.1, 0.15) is 12.6 Å². The lowest BCUT2D eigenvalue weighted by Gasteiger charge is -2.26. The van der Waals surface area contributed by atoms with Crippen LogP contribution in [0.25, 0.3) is 0 Å². The first-order valence-electron chi connectivity index (χ1n) is 6.07. The maximum absolute atomic E-state index is 12.0. The van der Waals surface area contributed by atoms with Crippen LogP contribution < -0.4 is 0 Å². The van der Waals surface area contributed by atoms with Crippen molar-refractivity contribution in [3.05, 3.63) is 46.5 Å². The highest BCUT2D eigenvalue weighted by Gasteiger charge is 2.27. The molecule has 1 aromatic rings. The van der Waals surface area contributed by atoms with Crippen LogP contribution in [-0.2, 0) is 16.1 Å². The molecular formula is C14H15Cl2NO4. The Kier molecular flexibility index (Phi) is 6.52. The summed E-state index contributed by atoms with van der Waals surface area (Å²) in [6.45, 7) is 4.82.